The molecule has 150 valence electrons. The van der Waals surface area contributed by atoms with Crippen molar-refractivity contribution in [2.75, 3.05) is 11.9 Å². The van der Waals surface area contributed by atoms with Crippen LogP contribution >= 0.6 is 11.6 Å². The van der Waals surface area contributed by atoms with Crippen molar-refractivity contribution >= 4 is 28.9 Å². The Morgan fingerprint density at radius 2 is 1.93 bits per heavy atom. The quantitative estimate of drug-likeness (QED) is 0.360. The second kappa shape index (κ2) is 8.34. The lowest BCUT2D eigenvalue weighted by Crippen LogP contribution is -2.33. The third-order valence-electron chi connectivity index (χ3n) is 4.23. The molecule has 0 aromatic heterocycles. The minimum absolute atomic E-state index is 0.0877. The minimum atomic E-state index is -1.53. The SMILES string of the molecule is O=C(NOC(CO)C1CC1)c1cc(Cl)c(F)c(F)c1Nc1ccc(F)cc1F. The number of amides is 1. The Kier molecular flexibility index (Phi) is 6.07. The monoisotopic (exact) mass is 418 g/mol. The maximum Gasteiger partial charge on any atom is 0.277 e. The standard InChI is InChI=1S/C18H15ClF4N2O3/c19-11-6-10(18(27)25-28-14(7-26)8-1-2-8)17(16(23)15(11)22)24-13-4-3-9(20)5-12(13)21/h3-6,8,14,24,26H,1-2,7H2,(H,25,27). The number of rotatable bonds is 7. The molecule has 0 saturated heterocycles. The maximum atomic E-state index is 14.4. The van der Waals surface area contributed by atoms with Gasteiger partial charge in [0.1, 0.15) is 17.7 Å². The predicted molar refractivity (Wildman–Crippen MR) is 93.2 cm³/mol. The van der Waals surface area contributed by atoms with Gasteiger partial charge in [0, 0.05) is 6.07 Å². The highest BCUT2D eigenvalue weighted by atomic mass is 35.5. The van der Waals surface area contributed by atoms with Crippen molar-refractivity contribution in [3.63, 3.8) is 0 Å². The van der Waals surface area contributed by atoms with Crippen LogP contribution in [0.4, 0.5) is 28.9 Å². The first-order valence-corrected chi connectivity index (χ1v) is 8.66. The molecule has 1 amide bonds. The molecule has 5 nitrogen and oxygen atoms in total. The minimum Gasteiger partial charge on any atom is -0.394 e. The normalized spacial score (nSPS) is 14.6. The van der Waals surface area contributed by atoms with E-state index in [9.17, 15) is 27.5 Å². The summed E-state index contributed by atoms with van der Waals surface area (Å²) >= 11 is 5.61. The van der Waals surface area contributed by atoms with Crippen LogP contribution in [0, 0.1) is 29.2 Å². The molecular formula is C18H15ClF4N2O3. The second-order valence-corrected chi connectivity index (χ2v) is 6.67. The number of nitrogens with one attached hydrogen (secondary N) is 2. The number of hydrogen-bond donors (Lipinski definition) is 3. The van der Waals surface area contributed by atoms with E-state index < -0.39 is 51.6 Å². The van der Waals surface area contributed by atoms with E-state index in [4.69, 9.17) is 16.4 Å². The van der Waals surface area contributed by atoms with Gasteiger partial charge in [-0.1, -0.05) is 11.6 Å². The average Bonchev–Trinajstić information content (AvgIpc) is 3.49. The van der Waals surface area contributed by atoms with Crippen molar-refractivity contribution in [3.05, 3.63) is 58.1 Å². The van der Waals surface area contributed by atoms with Crippen LogP contribution < -0.4 is 10.8 Å². The number of hydroxylamine groups is 1. The Morgan fingerprint density at radius 3 is 2.54 bits per heavy atom. The van der Waals surface area contributed by atoms with Crippen LogP contribution in [0.15, 0.2) is 24.3 Å². The summed E-state index contributed by atoms with van der Waals surface area (Å²) in [4.78, 5) is 17.5. The molecule has 0 heterocycles. The Bertz CT molecular complexity index is 909. The number of anilines is 2. The molecule has 10 heteroatoms. The zero-order chi connectivity index (χ0) is 20.4. The van der Waals surface area contributed by atoms with Gasteiger partial charge in [0.2, 0.25) is 0 Å². The molecule has 2 aromatic carbocycles. The van der Waals surface area contributed by atoms with Crippen molar-refractivity contribution in [2.24, 2.45) is 5.92 Å². The molecule has 28 heavy (non-hydrogen) atoms. The highest BCUT2D eigenvalue weighted by Crippen LogP contribution is 2.34. The van der Waals surface area contributed by atoms with E-state index in [0.29, 0.717) is 6.07 Å². The van der Waals surface area contributed by atoms with Gasteiger partial charge in [-0.2, -0.15) is 0 Å². The summed E-state index contributed by atoms with van der Waals surface area (Å²) < 4.78 is 55.2. The first-order valence-electron chi connectivity index (χ1n) is 8.28. The number of benzene rings is 2. The zero-order valence-corrected chi connectivity index (χ0v) is 15.0. The van der Waals surface area contributed by atoms with Crippen molar-refractivity contribution < 1.29 is 32.3 Å². The molecule has 3 N–H and O–H groups in total. The van der Waals surface area contributed by atoms with Crippen LogP contribution in [-0.2, 0) is 4.84 Å². The Morgan fingerprint density at radius 1 is 1.21 bits per heavy atom. The van der Waals surface area contributed by atoms with Gasteiger partial charge in [-0.3, -0.25) is 9.63 Å². The van der Waals surface area contributed by atoms with Crippen LogP contribution in [-0.4, -0.2) is 23.7 Å². The maximum absolute atomic E-state index is 14.4. The Hall–Kier alpha value is -2.36. The molecule has 2 aromatic rings. The van der Waals surface area contributed by atoms with Crippen LogP contribution in [0.25, 0.3) is 0 Å². The van der Waals surface area contributed by atoms with Crippen LogP contribution in [0.5, 0.6) is 0 Å². The Labute approximate surface area is 162 Å². The topological polar surface area (TPSA) is 70.6 Å². The summed E-state index contributed by atoms with van der Waals surface area (Å²) in [7, 11) is 0. The van der Waals surface area contributed by atoms with E-state index in [2.05, 4.69) is 10.8 Å². The molecule has 0 spiro atoms. The number of aliphatic hydroxyl groups is 1. The molecule has 1 aliphatic rings. The largest absolute Gasteiger partial charge is 0.394 e. The number of carbonyl (C=O) groups excluding carboxylic acids is 1. The molecule has 1 fully saturated rings. The second-order valence-electron chi connectivity index (χ2n) is 6.27. The smallest absolute Gasteiger partial charge is 0.277 e. The molecule has 1 atom stereocenters. The van der Waals surface area contributed by atoms with Crippen molar-refractivity contribution in [2.45, 2.75) is 18.9 Å². The van der Waals surface area contributed by atoms with E-state index >= 15 is 0 Å². The third kappa shape index (κ3) is 4.37. The summed E-state index contributed by atoms with van der Waals surface area (Å²) in [6, 6.07) is 3.24. The van der Waals surface area contributed by atoms with E-state index in [1.165, 1.54) is 0 Å². The predicted octanol–water partition coefficient (Wildman–Crippen LogP) is 4.07. The molecule has 0 aliphatic heterocycles. The summed E-state index contributed by atoms with van der Waals surface area (Å²) in [5.74, 6) is -5.83. The lowest BCUT2D eigenvalue weighted by atomic mass is 10.1. The molecule has 0 radical (unpaired) electrons. The van der Waals surface area contributed by atoms with Gasteiger partial charge in [0.15, 0.2) is 11.6 Å². The van der Waals surface area contributed by atoms with E-state index in [1.54, 1.807) is 0 Å². The first kappa shape index (κ1) is 20.4. The number of carbonyl (C=O) groups is 1. The fraction of sp³-hybridized carbons (Fsp3) is 0.278. The summed E-state index contributed by atoms with van der Waals surface area (Å²) in [5, 5.41) is 10.8. The van der Waals surface area contributed by atoms with Gasteiger partial charge >= 0.3 is 0 Å². The fourth-order valence-corrected chi connectivity index (χ4v) is 2.75. The van der Waals surface area contributed by atoms with Crippen molar-refractivity contribution in [1.29, 1.82) is 0 Å². The summed E-state index contributed by atoms with van der Waals surface area (Å²) in [6.07, 6.45) is 1.01. The van der Waals surface area contributed by atoms with Gasteiger partial charge in [-0.25, -0.2) is 23.0 Å². The van der Waals surface area contributed by atoms with Crippen LogP contribution in [0.3, 0.4) is 0 Å². The number of aliphatic hydroxyl groups excluding tert-OH is 1. The lowest BCUT2D eigenvalue weighted by molar-refractivity contribution is -0.0497. The lowest BCUT2D eigenvalue weighted by Gasteiger charge is -2.17. The van der Waals surface area contributed by atoms with Gasteiger partial charge in [-0.15, -0.1) is 0 Å². The van der Waals surface area contributed by atoms with Crippen LogP contribution in [0.1, 0.15) is 23.2 Å². The van der Waals surface area contributed by atoms with Gasteiger partial charge in [-0.05, 0) is 37.0 Å². The van der Waals surface area contributed by atoms with Gasteiger partial charge < -0.3 is 10.4 Å². The zero-order valence-electron chi connectivity index (χ0n) is 14.2. The molecular weight excluding hydrogens is 404 g/mol. The van der Waals surface area contributed by atoms with Crippen LogP contribution in [0.2, 0.25) is 5.02 Å². The van der Waals surface area contributed by atoms with E-state index in [-0.39, 0.29) is 18.2 Å². The van der Waals surface area contributed by atoms with E-state index in [1.807, 2.05) is 0 Å². The molecule has 3 rings (SSSR count). The Balaban J connectivity index is 1.89. The first-order chi connectivity index (χ1) is 13.3. The van der Waals surface area contributed by atoms with Gasteiger partial charge in [0.25, 0.3) is 5.91 Å². The summed E-state index contributed by atoms with van der Waals surface area (Å²) in [5.41, 5.74) is 0.489. The average molecular weight is 419 g/mol. The molecule has 0 bridgehead atoms. The van der Waals surface area contributed by atoms with Crippen molar-refractivity contribution in [1.82, 2.24) is 5.48 Å². The molecule has 1 aliphatic carbocycles. The highest BCUT2D eigenvalue weighted by molar-refractivity contribution is 6.31. The summed E-state index contributed by atoms with van der Waals surface area (Å²) in [6.45, 7) is -0.338. The highest BCUT2D eigenvalue weighted by Gasteiger charge is 2.33. The number of halogens is 5. The molecule has 1 unspecified atom stereocenters. The number of hydrogen-bond acceptors (Lipinski definition) is 4. The fourth-order valence-electron chi connectivity index (χ4n) is 2.56. The van der Waals surface area contributed by atoms with Crippen molar-refractivity contribution in [3.8, 4) is 0 Å². The van der Waals surface area contributed by atoms with Gasteiger partial charge in [0.05, 0.1) is 28.6 Å². The van der Waals surface area contributed by atoms with E-state index in [0.717, 1.165) is 31.0 Å². The molecule has 1 saturated carbocycles. The third-order valence-corrected chi connectivity index (χ3v) is 4.50.